The molecule has 2 aromatic rings. The minimum atomic E-state index is -0.320. The topological polar surface area (TPSA) is 35.9 Å². The van der Waals surface area contributed by atoms with Gasteiger partial charge in [0.15, 0.2) is 5.17 Å². The fraction of sp³-hybridized carbons (Fsp3) is 0.417. The molecule has 0 radical (unpaired) electrons. The first-order valence-electron chi connectivity index (χ1n) is 10.2. The van der Waals surface area contributed by atoms with Crippen molar-refractivity contribution in [1.29, 1.82) is 0 Å². The molecule has 0 aromatic heterocycles. The van der Waals surface area contributed by atoms with Crippen LogP contribution in [0.25, 0.3) is 0 Å². The largest absolute Gasteiger partial charge is 0.349 e. The number of para-hydroxylation sites is 1. The van der Waals surface area contributed by atoms with Crippen LogP contribution in [0.15, 0.2) is 65.7 Å². The van der Waals surface area contributed by atoms with Gasteiger partial charge in [0.2, 0.25) is 0 Å². The minimum Gasteiger partial charge on any atom is -0.349 e. The van der Waals surface area contributed by atoms with E-state index in [-0.39, 0.29) is 11.2 Å². The van der Waals surface area contributed by atoms with E-state index in [0.29, 0.717) is 5.75 Å². The second-order valence-corrected chi connectivity index (χ2v) is 9.38. The first kappa shape index (κ1) is 21.6. The van der Waals surface area contributed by atoms with Gasteiger partial charge in [-0.2, -0.15) is 0 Å². The van der Waals surface area contributed by atoms with E-state index in [4.69, 9.17) is 4.99 Å². The highest BCUT2D eigenvalue weighted by atomic mass is 32.2. The number of Topliss-reactive ketones (excluding diaryl/α,β-unsaturated/α-hetero) is 1. The SMILES string of the molecule is CC(C)(C)C(=O)CSC(=Nc1ccccc1)N1CCN(Cc2ccccc2)CC1. The van der Waals surface area contributed by atoms with E-state index in [9.17, 15) is 4.79 Å². The van der Waals surface area contributed by atoms with E-state index in [2.05, 4.69) is 40.1 Å². The van der Waals surface area contributed by atoms with E-state index in [1.165, 1.54) is 5.56 Å². The van der Waals surface area contributed by atoms with Gasteiger partial charge in [0, 0.05) is 38.1 Å². The molecule has 4 nitrogen and oxygen atoms in total. The van der Waals surface area contributed by atoms with Crippen molar-refractivity contribution in [1.82, 2.24) is 9.80 Å². The van der Waals surface area contributed by atoms with Gasteiger partial charge in [0.25, 0.3) is 0 Å². The van der Waals surface area contributed by atoms with E-state index >= 15 is 0 Å². The van der Waals surface area contributed by atoms with Gasteiger partial charge >= 0.3 is 0 Å². The summed E-state index contributed by atoms with van der Waals surface area (Å²) < 4.78 is 0. The third-order valence-corrected chi connectivity index (χ3v) is 6.06. The van der Waals surface area contributed by atoms with Crippen LogP contribution in [0.1, 0.15) is 26.3 Å². The Morgan fingerprint density at radius 3 is 2.10 bits per heavy atom. The lowest BCUT2D eigenvalue weighted by Crippen LogP contribution is -2.47. The van der Waals surface area contributed by atoms with Crippen molar-refractivity contribution >= 4 is 28.4 Å². The normalized spacial score (nSPS) is 16.1. The summed E-state index contributed by atoms with van der Waals surface area (Å²) in [6, 6.07) is 20.6. The Morgan fingerprint density at radius 2 is 1.52 bits per heavy atom. The molecule has 0 spiro atoms. The number of carbonyl (C=O) groups is 1. The second-order valence-electron chi connectivity index (χ2n) is 8.44. The zero-order chi connectivity index (χ0) is 20.7. The van der Waals surface area contributed by atoms with Crippen molar-refractivity contribution in [2.75, 3.05) is 31.9 Å². The molecule has 5 heteroatoms. The Morgan fingerprint density at radius 1 is 0.931 bits per heavy atom. The van der Waals surface area contributed by atoms with Crippen LogP contribution in [0.3, 0.4) is 0 Å². The average Bonchev–Trinajstić information content (AvgIpc) is 2.72. The van der Waals surface area contributed by atoms with Gasteiger partial charge in [-0.05, 0) is 17.7 Å². The van der Waals surface area contributed by atoms with E-state index in [0.717, 1.165) is 43.6 Å². The molecule has 1 saturated heterocycles. The van der Waals surface area contributed by atoms with Gasteiger partial charge in [-0.15, -0.1) is 0 Å². The molecule has 1 fully saturated rings. The predicted molar refractivity (Wildman–Crippen MR) is 124 cm³/mol. The standard InChI is InChI=1S/C24H31N3OS/c1-24(2,3)22(28)19-29-23(25-21-12-8-5-9-13-21)27-16-14-26(15-17-27)18-20-10-6-4-7-11-20/h4-13H,14-19H2,1-3H3. The molecule has 154 valence electrons. The highest BCUT2D eigenvalue weighted by molar-refractivity contribution is 8.14. The average molecular weight is 410 g/mol. The highest BCUT2D eigenvalue weighted by Crippen LogP contribution is 2.23. The van der Waals surface area contributed by atoms with Gasteiger partial charge in [0.05, 0.1) is 11.4 Å². The Kier molecular flexibility index (Phi) is 7.51. The maximum atomic E-state index is 12.5. The lowest BCUT2D eigenvalue weighted by atomic mass is 9.92. The number of hydrogen-bond acceptors (Lipinski definition) is 4. The molecule has 0 amide bonds. The number of carbonyl (C=O) groups excluding carboxylic acids is 1. The summed E-state index contributed by atoms with van der Waals surface area (Å²) in [6.07, 6.45) is 0. The van der Waals surface area contributed by atoms with Gasteiger partial charge in [-0.25, -0.2) is 4.99 Å². The summed E-state index contributed by atoms with van der Waals surface area (Å²) in [4.78, 5) is 22.1. The second kappa shape index (κ2) is 10.1. The van der Waals surface area contributed by atoms with Crippen LogP contribution in [0, 0.1) is 5.41 Å². The lowest BCUT2D eigenvalue weighted by Gasteiger charge is -2.36. The van der Waals surface area contributed by atoms with Crippen molar-refractivity contribution in [3.8, 4) is 0 Å². The molecule has 2 aromatic carbocycles. The first-order chi connectivity index (χ1) is 13.9. The molecule has 0 aliphatic carbocycles. The smallest absolute Gasteiger partial charge is 0.164 e. The number of aliphatic imine (C=N–C) groups is 1. The van der Waals surface area contributed by atoms with Crippen LogP contribution in [0.5, 0.6) is 0 Å². The highest BCUT2D eigenvalue weighted by Gasteiger charge is 2.25. The number of ketones is 1. The zero-order valence-corrected chi connectivity index (χ0v) is 18.5. The molecular formula is C24H31N3OS. The van der Waals surface area contributed by atoms with Crippen LogP contribution >= 0.6 is 11.8 Å². The molecule has 1 heterocycles. The van der Waals surface area contributed by atoms with Gasteiger partial charge in [0.1, 0.15) is 5.78 Å². The first-order valence-corrected chi connectivity index (χ1v) is 11.2. The fourth-order valence-corrected chi connectivity index (χ4v) is 4.32. The summed E-state index contributed by atoms with van der Waals surface area (Å²) in [5.74, 6) is 0.713. The summed E-state index contributed by atoms with van der Waals surface area (Å²) in [7, 11) is 0. The molecule has 29 heavy (non-hydrogen) atoms. The molecule has 1 aliphatic rings. The molecule has 1 aliphatic heterocycles. The Labute approximate surface area is 179 Å². The quantitative estimate of drug-likeness (QED) is 0.523. The summed E-state index contributed by atoms with van der Waals surface area (Å²) >= 11 is 1.57. The lowest BCUT2D eigenvalue weighted by molar-refractivity contribution is -0.123. The summed E-state index contributed by atoms with van der Waals surface area (Å²) in [5, 5.41) is 0.952. The summed E-state index contributed by atoms with van der Waals surface area (Å²) in [5.41, 5.74) is 1.97. The maximum Gasteiger partial charge on any atom is 0.164 e. The van der Waals surface area contributed by atoms with Crippen LogP contribution in [0.4, 0.5) is 5.69 Å². The Hall–Kier alpha value is -2.11. The van der Waals surface area contributed by atoms with E-state index in [1.54, 1.807) is 11.8 Å². The third-order valence-electron chi connectivity index (χ3n) is 5.04. The molecule has 3 rings (SSSR count). The Bertz CT molecular complexity index is 807. The van der Waals surface area contributed by atoms with Crippen molar-refractivity contribution in [2.45, 2.75) is 27.3 Å². The fourth-order valence-electron chi connectivity index (χ4n) is 3.09. The van der Waals surface area contributed by atoms with Gasteiger partial charge < -0.3 is 4.90 Å². The zero-order valence-electron chi connectivity index (χ0n) is 17.7. The number of thioether (sulfide) groups is 1. The van der Waals surface area contributed by atoms with Crippen LogP contribution in [0.2, 0.25) is 0 Å². The van der Waals surface area contributed by atoms with Crippen LogP contribution in [-0.4, -0.2) is 52.7 Å². The number of nitrogens with zero attached hydrogens (tertiary/aromatic N) is 3. The van der Waals surface area contributed by atoms with Crippen molar-refractivity contribution in [2.24, 2.45) is 10.4 Å². The Balaban J connectivity index is 1.65. The summed E-state index contributed by atoms with van der Waals surface area (Å²) in [6.45, 7) is 10.8. The maximum absolute atomic E-state index is 12.5. The number of rotatable bonds is 5. The van der Waals surface area contributed by atoms with Crippen LogP contribution in [-0.2, 0) is 11.3 Å². The van der Waals surface area contributed by atoms with Gasteiger partial charge in [-0.1, -0.05) is 81.1 Å². The molecule has 0 N–H and O–H groups in total. The number of hydrogen-bond donors (Lipinski definition) is 0. The molecule has 0 bridgehead atoms. The molecule has 0 saturated carbocycles. The number of amidine groups is 1. The van der Waals surface area contributed by atoms with E-state index in [1.807, 2.05) is 51.1 Å². The molecule has 0 unspecified atom stereocenters. The molecular weight excluding hydrogens is 378 g/mol. The van der Waals surface area contributed by atoms with Gasteiger partial charge in [-0.3, -0.25) is 9.69 Å². The van der Waals surface area contributed by atoms with Crippen molar-refractivity contribution in [3.63, 3.8) is 0 Å². The van der Waals surface area contributed by atoms with Crippen molar-refractivity contribution in [3.05, 3.63) is 66.2 Å². The van der Waals surface area contributed by atoms with Crippen LogP contribution < -0.4 is 0 Å². The minimum absolute atomic E-state index is 0.256. The van der Waals surface area contributed by atoms with E-state index < -0.39 is 0 Å². The number of benzene rings is 2. The molecule has 0 atom stereocenters. The van der Waals surface area contributed by atoms with Crippen molar-refractivity contribution < 1.29 is 4.79 Å². The monoisotopic (exact) mass is 409 g/mol. The number of piperazine rings is 1. The predicted octanol–water partition coefficient (Wildman–Crippen LogP) is 4.84. The third kappa shape index (κ3) is 6.72.